The van der Waals surface area contributed by atoms with Gasteiger partial charge in [0.25, 0.3) is 0 Å². The Labute approximate surface area is 109 Å². The van der Waals surface area contributed by atoms with E-state index >= 15 is 0 Å². The smallest absolute Gasteiger partial charge is 0.166 e. The minimum atomic E-state index is -0.875. The van der Waals surface area contributed by atoms with Crippen LogP contribution in [0.15, 0.2) is 36.4 Å². The fraction of sp³-hybridized carbons (Fsp3) is 0.143. The Hall–Kier alpha value is -1.45. The van der Waals surface area contributed by atoms with Gasteiger partial charge in [0.1, 0.15) is 0 Å². The lowest BCUT2D eigenvalue weighted by Gasteiger charge is -2.11. The number of hydrogen-bond donors (Lipinski definition) is 1. The molecule has 0 spiro atoms. The Kier molecular flexibility index (Phi) is 3.64. The lowest BCUT2D eigenvalue weighted by Crippen LogP contribution is -2.05. The van der Waals surface area contributed by atoms with E-state index in [1.165, 1.54) is 12.1 Å². The minimum Gasteiger partial charge on any atom is -0.324 e. The molecule has 0 aliphatic carbocycles. The van der Waals surface area contributed by atoms with Gasteiger partial charge in [0.2, 0.25) is 0 Å². The predicted molar refractivity (Wildman–Crippen MR) is 69.4 cm³/mol. The van der Waals surface area contributed by atoms with Crippen LogP contribution < -0.4 is 5.73 Å². The second-order valence-corrected chi connectivity index (χ2v) is 4.53. The molecule has 0 bridgehead atoms. The average molecular weight is 268 g/mol. The average Bonchev–Trinajstić information content (AvgIpc) is 2.32. The summed E-state index contributed by atoms with van der Waals surface area (Å²) in [4.78, 5) is 0. The molecule has 0 saturated carbocycles. The molecule has 0 aliphatic heterocycles. The second-order valence-electron chi connectivity index (χ2n) is 4.13. The van der Waals surface area contributed by atoms with Crippen LogP contribution in [0.2, 0.25) is 5.02 Å². The molecule has 1 nitrogen and oxygen atoms in total. The van der Waals surface area contributed by atoms with Gasteiger partial charge < -0.3 is 5.73 Å². The van der Waals surface area contributed by atoms with E-state index < -0.39 is 11.6 Å². The molecule has 0 aliphatic rings. The minimum absolute atomic E-state index is 0.188. The maximum Gasteiger partial charge on any atom is 0.166 e. The molecule has 0 aromatic heterocycles. The Bertz CT molecular complexity index is 582. The Morgan fingerprint density at radius 1 is 1.17 bits per heavy atom. The van der Waals surface area contributed by atoms with Gasteiger partial charge in [-0.1, -0.05) is 35.9 Å². The summed E-state index contributed by atoms with van der Waals surface area (Å²) < 4.78 is 26.8. The van der Waals surface area contributed by atoms with Crippen molar-refractivity contribution >= 4 is 11.6 Å². The zero-order valence-corrected chi connectivity index (χ0v) is 10.5. The summed E-state index contributed by atoms with van der Waals surface area (Å²) in [5, 5.41) is 0.450. The third-order valence-corrected chi connectivity index (χ3v) is 3.08. The Morgan fingerprint density at radius 3 is 2.50 bits per heavy atom. The number of nitrogens with two attached hydrogens (primary N) is 1. The normalized spacial score (nSPS) is 12.5. The molecule has 0 heterocycles. The van der Waals surface area contributed by atoms with E-state index in [-0.39, 0.29) is 11.6 Å². The molecule has 1 unspecified atom stereocenters. The molecule has 18 heavy (non-hydrogen) atoms. The summed E-state index contributed by atoms with van der Waals surface area (Å²) in [6.07, 6.45) is 0. The molecule has 0 fully saturated rings. The van der Waals surface area contributed by atoms with Crippen molar-refractivity contribution in [2.24, 2.45) is 5.73 Å². The summed E-state index contributed by atoms with van der Waals surface area (Å²) in [7, 11) is 0. The summed E-state index contributed by atoms with van der Waals surface area (Å²) in [6, 6.07) is 8.85. The van der Waals surface area contributed by atoms with E-state index in [4.69, 9.17) is 17.3 Å². The topological polar surface area (TPSA) is 26.0 Å². The van der Waals surface area contributed by atoms with Crippen molar-refractivity contribution in [3.05, 3.63) is 58.6 Å². The van der Waals surface area contributed by atoms with Crippen molar-refractivity contribution in [2.75, 3.05) is 0 Å². The Balaban J connectivity index is 2.52. The fourth-order valence-electron chi connectivity index (χ4n) is 1.79. The largest absolute Gasteiger partial charge is 0.324 e. The second kappa shape index (κ2) is 5.04. The highest BCUT2D eigenvalue weighted by Crippen LogP contribution is 2.30. The molecule has 0 amide bonds. The highest BCUT2D eigenvalue weighted by molar-refractivity contribution is 6.31. The number of benzene rings is 2. The molecule has 0 radical (unpaired) electrons. The first-order chi connectivity index (χ1) is 8.50. The van der Waals surface area contributed by atoms with Crippen molar-refractivity contribution in [3.8, 4) is 11.1 Å². The van der Waals surface area contributed by atoms with Crippen LogP contribution in [-0.4, -0.2) is 0 Å². The van der Waals surface area contributed by atoms with E-state index in [2.05, 4.69) is 0 Å². The first kappa shape index (κ1) is 13.0. The van der Waals surface area contributed by atoms with Crippen LogP contribution in [0.5, 0.6) is 0 Å². The first-order valence-corrected chi connectivity index (χ1v) is 5.88. The fourth-order valence-corrected chi connectivity index (χ4v) is 2.14. The van der Waals surface area contributed by atoms with Crippen LogP contribution in [0.4, 0.5) is 8.78 Å². The van der Waals surface area contributed by atoms with E-state index in [9.17, 15) is 8.78 Å². The third-order valence-electron chi connectivity index (χ3n) is 2.75. The maximum absolute atomic E-state index is 13.6. The molecule has 0 saturated heterocycles. The van der Waals surface area contributed by atoms with Gasteiger partial charge in [-0.3, -0.25) is 0 Å². The summed E-state index contributed by atoms with van der Waals surface area (Å²) >= 11 is 6.07. The molecule has 4 heteroatoms. The van der Waals surface area contributed by atoms with E-state index in [1.807, 2.05) is 6.92 Å². The molecular weight excluding hydrogens is 256 g/mol. The molecule has 2 N–H and O–H groups in total. The van der Waals surface area contributed by atoms with Gasteiger partial charge in [-0.2, -0.15) is 0 Å². The Morgan fingerprint density at radius 2 is 1.89 bits per heavy atom. The van der Waals surface area contributed by atoms with Gasteiger partial charge in [-0.05, 0) is 30.2 Å². The third kappa shape index (κ3) is 2.37. The van der Waals surface area contributed by atoms with Gasteiger partial charge in [0, 0.05) is 16.6 Å². The van der Waals surface area contributed by atoms with Crippen LogP contribution in [-0.2, 0) is 0 Å². The first-order valence-electron chi connectivity index (χ1n) is 5.50. The van der Waals surface area contributed by atoms with Crippen molar-refractivity contribution in [1.29, 1.82) is 0 Å². The zero-order chi connectivity index (χ0) is 13.3. The van der Waals surface area contributed by atoms with Crippen molar-refractivity contribution in [1.82, 2.24) is 0 Å². The highest BCUT2D eigenvalue weighted by Gasteiger charge is 2.12. The summed E-state index contributed by atoms with van der Waals surface area (Å²) in [5.74, 6) is -1.75. The van der Waals surface area contributed by atoms with Crippen LogP contribution >= 0.6 is 11.6 Å². The summed E-state index contributed by atoms with van der Waals surface area (Å²) in [6.45, 7) is 1.81. The van der Waals surface area contributed by atoms with E-state index in [0.29, 0.717) is 10.6 Å². The molecule has 2 aromatic carbocycles. The highest BCUT2D eigenvalue weighted by atomic mass is 35.5. The SMILES string of the molecule is CC(N)c1ccc(-c2cccc(F)c2F)cc1Cl. The monoisotopic (exact) mass is 267 g/mol. The molecule has 94 valence electrons. The van der Waals surface area contributed by atoms with Gasteiger partial charge >= 0.3 is 0 Å². The lowest BCUT2D eigenvalue weighted by atomic mass is 10.0. The van der Waals surface area contributed by atoms with Crippen LogP contribution in [0.25, 0.3) is 11.1 Å². The standard InChI is InChI=1S/C14H12ClF2N/c1-8(18)10-6-5-9(7-12(10)15)11-3-2-4-13(16)14(11)17/h2-8H,18H2,1H3. The molecular formula is C14H12ClF2N. The van der Waals surface area contributed by atoms with Gasteiger partial charge in [0.05, 0.1) is 0 Å². The molecule has 2 rings (SSSR count). The lowest BCUT2D eigenvalue weighted by molar-refractivity contribution is 0.511. The maximum atomic E-state index is 13.6. The van der Waals surface area contributed by atoms with Gasteiger partial charge in [0.15, 0.2) is 11.6 Å². The van der Waals surface area contributed by atoms with Crippen LogP contribution in [0.1, 0.15) is 18.5 Å². The van der Waals surface area contributed by atoms with Gasteiger partial charge in [-0.25, -0.2) is 8.78 Å². The van der Waals surface area contributed by atoms with E-state index in [1.54, 1.807) is 18.2 Å². The number of hydrogen-bond acceptors (Lipinski definition) is 1. The number of rotatable bonds is 2. The predicted octanol–water partition coefficient (Wildman–Crippen LogP) is 4.30. The quantitative estimate of drug-likeness (QED) is 0.862. The molecule has 1 atom stereocenters. The van der Waals surface area contributed by atoms with E-state index in [0.717, 1.165) is 11.6 Å². The zero-order valence-electron chi connectivity index (χ0n) is 9.75. The van der Waals surface area contributed by atoms with Crippen molar-refractivity contribution in [3.63, 3.8) is 0 Å². The number of halogens is 3. The van der Waals surface area contributed by atoms with Crippen molar-refractivity contribution < 1.29 is 8.78 Å². The van der Waals surface area contributed by atoms with Crippen LogP contribution in [0, 0.1) is 11.6 Å². The van der Waals surface area contributed by atoms with Crippen molar-refractivity contribution in [2.45, 2.75) is 13.0 Å². The van der Waals surface area contributed by atoms with Crippen LogP contribution in [0.3, 0.4) is 0 Å². The van der Waals surface area contributed by atoms with Gasteiger partial charge in [-0.15, -0.1) is 0 Å². The summed E-state index contributed by atoms with van der Waals surface area (Å²) in [5.41, 5.74) is 7.23. The molecule has 2 aromatic rings.